The Kier molecular flexibility index (Phi) is 6.25. The van der Waals surface area contributed by atoms with E-state index in [1.807, 2.05) is 24.3 Å². The molecule has 1 aliphatic rings. The van der Waals surface area contributed by atoms with Gasteiger partial charge in [0, 0.05) is 42.2 Å². The van der Waals surface area contributed by atoms with Gasteiger partial charge in [-0.3, -0.25) is 4.79 Å². The molecule has 1 atom stereocenters. The highest BCUT2D eigenvalue weighted by Crippen LogP contribution is 2.24. The van der Waals surface area contributed by atoms with E-state index in [4.69, 9.17) is 4.74 Å². The van der Waals surface area contributed by atoms with E-state index >= 15 is 0 Å². The van der Waals surface area contributed by atoms with Crippen molar-refractivity contribution in [1.82, 2.24) is 9.88 Å². The third-order valence-corrected chi connectivity index (χ3v) is 5.57. The number of carbonyl (C=O) groups is 1. The summed E-state index contributed by atoms with van der Waals surface area (Å²) in [6.07, 6.45) is 6.49. The van der Waals surface area contributed by atoms with Gasteiger partial charge in [-0.05, 0) is 43.4 Å². The number of halogens is 1. The second kappa shape index (κ2) is 9.23. The van der Waals surface area contributed by atoms with Crippen LogP contribution in [0.4, 0.5) is 4.39 Å². The van der Waals surface area contributed by atoms with Gasteiger partial charge in [0.15, 0.2) is 0 Å². The van der Waals surface area contributed by atoms with Crippen LogP contribution in [0.5, 0.6) is 0 Å². The van der Waals surface area contributed by atoms with Crippen molar-refractivity contribution < 1.29 is 13.9 Å². The number of fused-ring (bicyclic) bond motifs is 1. The summed E-state index contributed by atoms with van der Waals surface area (Å²) in [5.74, 6) is -0.106. The smallest absolute Gasteiger partial charge is 0.220 e. The average molecular weight is 394 g/mol. The van der Waals surface area contributed by atoms with E-state index in [1.54, 1.807) is 6.07 Å². The normalized spacial score (nSPS) is 16.4. The van der Waals surface area contributed by atoms with E-state index in [-0.39, 0.29) is 17.8 Å². The third-order valence-electron chi connectivity index (χ3n) is 5.57. The summed E-state index contributed by atoms with van der Waals surface area (Å²) in [7, 11) is 0. The maximum atomic E-state index is 14.1. The molecule has 1 saturated heterocycles. The van der Waals surface area contributed by atoms with E-state index < -0.39 is 0 Å². The first kappa shape index (κ1) is 19.6. The fourth-order valence-electron chi connectivity index (χ4n) is 4.02. The number of hydrogen-bond acceptors (Lipinski definition) is 2. The highest BCUT2D eigenvalue weighted by molar-refractivity contribution is 5.84. The van der Waals surface area contributed by atoms with Crippen LogP contribution in [0.3, 0.4) is 0 Å². The van der Waals surface area contributed by atoms with Crippen molar-refractivity contribution in [2.45, 2.75) is 44.8 Å². The summed E-state index contributed by atoms with van der Waals surface area (Å²) in [6, 6.07) is 15.1. The van der Waals surface area contributed by atoms with Crippen LogP contribution >= 0.6 is 0 Å². The first-order valence-electron chi connectivity index (χ1n) is 10.4. The maximum absolute atomic E-state index is 14.1. The number of aryl methyl sites for hydroxylation is 1. The summed E-state index contributed by atoms with van der Waals surface area (Å²) < 4.78 is 21.7. The zero-order chi connectivity index (χ0) is 20.1. The fourth-order valence-corrected chi connectivity index (χ4v) is 4.02. The van der Waals surface area contributed by atoms with Crippen molar-refractivity contribution in [2.24, 2.45) is 0 Å². The molecular formula is C24H27FN2O2. The summed E-state index contributed by atoms with van der Waals surface area (Å²) in [6.45, 7) is 1.91. The van der Waals surface area contributed by atoms with Gasteiger partial charge in [-0.25, -0.2) is 4.39 Å². The molecule has 1 aromatic heterocycles. The first-order valence-corrected chi connectivity index (χ1v) is 10.4. The lowest BCUT2D eigenvalue weighted by atomic mass is 10.1. The third kappa shape index (κ3) is 4.85. The Morgan fingerprint density at radius 3 is 2.79 bits per heavy atom. The molecule has 0 radical (unpaired) electrons. The molecule has 1 aliphatic heterocycles. The van der Waals surface area contributed by atoms with Crippen LogP contribution in [0.1, 0.15) is 36.8 Å². The monoisotopic (exact) mass is 394 g/mol. The molecule has 1 amide bonds. The first-order chi connectivity index (χ1) is 14.2. The quantitative estimate of drug-likeness (QED) is 0.614. The molecule has 2 heterocycles. The predicted molar refractivity (Wildman–Crippen MR) is 112 cm³/mol. The van der Waals surface area contributed by atoms with Crippen molar-refractivity contribution in [3.63, 3.8) is 0 Å². The Hall–Kier alpha value is -2.66. The van der Waals surface area contributed by atoms with Gasteiger partial charge >= 0.3 is 0 Å². The van der Waals surface area contributed by atoms with E-state index in [9.17, 15) is 9.18 Å². The van der Waals surface area contributed by atoms with Crippen molar-refractivity contribution >= 4 is 16.8 Å². The van der Waals surface area contributed by atoms with E-state index in [0.29, 0.717) is 25.1 Å². The predicted octanol–water partition coefficient (Wildman–Crippen LogP) is 4.45. The van der Waals surface area contributed by atoms with Crippen LogP contribution in [-0.2, 0) is 22.5 Å². The minimum absolute atomic E-state index is 0.0793. The molecule has 1 fully saturated rings. The van der Waals surface area contributed by atoms with Gasteiger partial charge in [-0.15, -0.1) is 0 Å². The van der Waals surface area contributed by atoms with Crippen LogP contribution < -0.4 is 5.32 Å². The second-order valence-electron chi connectivity index (χ2n) is 7.68. The van der Waals surface area contributed by atoms with Crippen molar-refractivity contribution in [3.8, 4) is 0 Å². The zero-order valence-electron chi connectivity index (χ0n) is 16.6. The highest BCUT2D eigenvalue weighted by Gasteiger charge is 2.16. The number of nitrogens with one attached hydrogen (secondary N) is 1. The number of aromatic nitrogens is 1. The van der Waals surface area contributed by atoms with E-state index in [2.05, 4.69) is 28.2 Å². The van der Waals surface area contributed by atoms with Gasteiger partial charge in [0.1, 0.15) is 5.82 Å². The SMILES string of the molecule is O=C(CCCc1cn(Cc2ccccc2F)c2ccccc12)NCC1CCCO1. The van der Waals surface area contributed by atoms with Crippen LogP contribution in [0.2, 0.25) is 0 Å². The number of amides is 1. The van der Waals surface area contributed by atoms with Gasteiger partial charge in [0.05, 0.1) is 12.6 Å². The standard InChI is InChI=1S/C24H27FN2O2/c25-22-11-3-1-7-19(22)17-27-16-18(21-10-2-4-12-23(21)27)8-5-13-24(28)26-15-20-9-6-14-29-20/h1-4,7,10-12,16,20H,5-6,8-9,13-15,17H2,(H,26,28). The summed E-state index contributed by atoms with van der Waals surface area (Å²) >= 11 is 0. The minimum atomic E-state index is -0.185. The average Bonchev–Trinajstić information content (AvgIpc) is 3.37. The second-order valence-corrected chi connectivity index (χ2v) is 7.68. The number of benzene rings is 2. The lowest BCUT2D eigenvalue weighted by molar-refractivity contribution is -0.121. The molecule has 152 valence electrons. The lowest BCUT2D eigenvalue weighted by Gasteiger charge is -2.10. The highest BCUT2D eigenvalue weighted by atomic mass is 19.1. The Labute approximate surface area is 170 Å². The van der Waals surface area contributed by atoms with Gasteiger partial charge < -0.3 is 14.6 Å². The number of ether oxygens (including phenoxy) is 1. The topological polar surface area (TPSA) is 43.3 Å². The number of rotatable bonds is 8. The molecule has 0 bridgehead atoms. The Morgan fingerprint density at radius 1 is 1.14 bits per heavy atom. The molecule has 4 rings (SSSR count). The molecular weight excluding hydrogens is 367 g/mol. The van der Waals surface area contributed by atoms with Crippen LogP contribution in [0.15, 0.2) is 54.7 Å². The fraction of sp³-hybridized carbons (Fsp3) is 0.375. The van der Waals surface area contributed by atoms with Crippen molar-refractivity contribution in [2.75, 3.05) is 13.2 Å². The Balaban J connectivity index is 1.38. The Morgan fingerprint density at radius 2 is 1.97 bits per heavy atom. The molecule has 1 unspecified atom stereocenters. The summed E-state index contributed by atoms with van der Waals surface area (Å²) in [5.41, 5.74) is 2.96. The molecule has 1 N–H and O–H groups in total. The van der Waals surface area contributed by atoms with E-state index in [1.165, 1.54) is 17.0 Å². The molecule has 4 nitrogen and oxygen atoms in total. The number of carbonyl (C=O) groups excluding carboxylic acids is 1. The van der Waals surface area contributed by atoms with Gasteiger partial charge in [0.2, 0.25) is 5.91 Å². The Bertz CT molecular complexity index is 976. The molecule has 3 aromatic rings. The van der Waals surface area contributed by atoms with Gasteiger partial charge in [-0.1, -0.05) is 36.4 Å². The number of nitrogens with zero attached hydrogens (tertiary/aromatic N) is 1. The molecule has 0 aliphatic carbocycles. The number of para-hydroxylation sites is 1. The summed E-state index contributed by atoms with van der Waals surface area (Å²) in [5, 5.41) is 4.15. The molecule has 2 aromatic carbocycles. The molecule has 0 spiro atoms. The van der Waals surface area contributed by atoms with Crippen LogP contribution in [0.25, 0.3) is 10.9 Å². The molecule has 0 saturated carbocycles. The van der Waals surface area contributed by atoms with Crippen molar-refractivity contribution in [3.05, 3.63) is 71.7 Å². The maximum Gasteiger partial charge on any atom is 0.220 e. The van der Waals surface area contributed by atoms with Gasteiger partial charge in [0.25, 0.3) is 0 Å². The largest absolute Gasteiger partial charge is 0.376 e. The van der Waals surface area contributed by atoms with Gasteiger partial charge in [-0.2, -0.15) is 0 Å². The minimum Gasteiger partial charge on any atom is -0.376 e. The van der Waals surface area contributed by atoms with E-state index in [0.717, 1.165) is 37.8 Å². The summed E-state index contributed by atoms with van der Waals surface area (Å²) in [4.78, 5) is 12.1. The van der Waals surface area contributed by atoms with Crippen LogP contribution in [0, 0.1) is 5.82 Å². The molecule has 29 heavy (non-hydrogen) atoms. The number of hydrogen-bond donors (Lipinski definition) is 1. The zero-order valence-corrected chi connectivity index (χ0v) is 16.6. The van der Waals surface area contributed by atoms with Crippen molar-refractivity contribution in [1.29, 1.82) is 0 Å². The van der Waals surface area contributed by atoms with Crippen LogP contribution in [-0.4, -0.2) is 29.7 Å². The molecule has 5 heteroatoms. The lowest BCUT2D eigenvalue weighted by Crippen LogP contribution is -2.31.